The van der Waals surface area contributed by atoms with Gasteiger partial charge in [0.15, 0.2) is 5.82 Å². The Kier molecular flexibility index (Phi) is 5.14. The van der Waals surface area contributed by atoms with Crippen molar-refractivity contribution < 1.29 is 0 Å². The van der Waals surface area contributed by atoms with Gasteiger partial charge in [0.05, 0.1) is 11.6 Å². The van der Waals surface area contributed by atoms with Gasteiger partial charge in [-0.2, -0.15) is 10.4 Å². The molecule has 3 aromatic heterocycles. The first-order valence-electron chi connectivity index (χ1n) is 12.1. The third kappa shape index (κ3) is 4.13. The van der Waals surface area contributed by atoms with E-state index in [1.807, 2.05) is 31.3 Å². The van der Waals surface area contributed by atoms with Gasteiger partial charge < -0.3 is 16.0 Å². The van der Waals surface area contributed by atoms with Gasteiger partial charge in [0.1, 0.15) is 11.6 Å². The molecule has 3 fully saturated rings. The van der Waals surface area contributed by atoms with Gasteiger partial charge in [0.25, 0.3) is 0 Å². The van der Waals surface area contributed by atoms with Gasteiger partial charge in [-0.15, -0.1) is 0 Å². The third-order valence-corrected chi connectivity index (χ3v) is 7.71. The normalized spacial score (nSPS) is 30.9. The molecular formula is C25H30N8. The molecular weight excluding hydrogens is 412 g/mol. The summed E-state index contributed by atoms with van der Waals surface area (Å²) in [6.07, 6.45) is 8.70. The summed E-state index contributed by atoms with van der Waals surface area (Å²) >= 11 is 0. The number of hydrogen-bond acceptors (Lipinski definition) is 7. The van der Waals surface area contributed by atoms with E-state index in [0.717, 1.165) is 71.6 Å². The van der Waals surface area contributed by atoms with Gasteiger partial charge in [-0.25, -0.2) is 4.98 Å². The predicted octanol–water partition coefficient (Wildman–Crippen LogP) is 4.27. The summed E-state index contributed by atoms with van der Waals surface area (Å²) in [6, 6.07) is 11.9. The molecule has 170 valence electrons. The van der Waals surface area contributed by atoms with Crippen molar-refractivity contribution >= 4 is 28.4 Å². The maximum atomic E-state index is 9.13. The summed E-state index contributed by atoms with van der Waals surface area (Å²) in [6.45, 7) is 1.98. The van der Waals surface area contributed by atoms with E-state index < -0.39 is 0 Å². The Hall–Kier alpha value is -3.18. The van der Waals surface area contributed by atoms with Gasteiger partial charge in [-0.3, -0.25) is 10.1 Å². The van der Waals surface area contributed by atoms with E-state index in [1.54, 1.807) is 0 Å². The maximum Gasteiger partial charge on any atom is 0.153 e. The Balaban J connectivity index is 1.18. The van der Waals surface area contributed by atoms with E-state index in [4.69, 9.17) is 10.2 Å². The zero-order valence-corrected chi connectivity index (χ0v) is 18.9. The summed E-state index contributed by atoms with van der Waals surface area (Å²) in [5.41, 5.74) is 1.91. The summed E-state index contributed by atoms with van der Waals surface area (Å²) in [4.78, 5) is 9.48. The van der Waals surface area contributed by atoms with Crippen LogP contribution >= 0.6 is 0 Å². The Bertz CT molecular complexity index is 1180. The number of aromatic nitrogens is 4. The Morgan fingerprint density at radius 2 is 1.82 bits per heavy atom. The molecule has 6 rings (SSSR count). The van der Waals surface area contributed by atoms with Crippen LogP contribution in [0.25, 0.3) is 10.9 Å². The van der Waals surface area contributed by atoms with Crippen LogP contribution in [0.5, 0.6) is 0 Å². The average molecular weight is 443 g/mol. The first-order chi connectivity index (χ1) is 16.1. The molecule has 4 N–H and O–H groups in total. The molecule has 1 saturated carbocycles. The molecule has 8 nitrogen and oxygen atoms in total. The SMILES string of the molecule is Cc1cc(Nc2cc3ncccc3c(N[C@@H]3C[C@H]4CC([C@H]5C[C@@H](C#N)C5)C[C@@H](C3)N4)n2)n[nH]1. The zero-order chi connectivity index (χ0) is 22.4. The Morgan fingerprint density at radius 3 is 2.55 bits per heavy atom. The lowest BCUT2D eigenvalue weighted by molar-refractivity contribution is 0.0770. The maximum absolute atomic E-state index is 9.13. The zero-order valence-electron chi connectivity index (χ0n) is 18.9. The van der Waals surface area contributed by atoms with E-state index in [0.29, 0.717) is 24.0 Å². The lowest BCUT2D eigenvalue weighted by Gasteiger charge is -2.48. The number of rotatable bonds is 5. The molecule has 8 heteroatoms. The molecule has 0 spiro atoms. The van der Waals surface area contributed by atoms with Crippen LogP contribution in [0.3, 0.4) is 0 Å². The molecule has 33 heavy (non-hydrogen) atoms. The predicted molar refractivity (Wildman–Crippen MR) is 128 cm³/mol. The number of nitrogens with zero attached hydrogens (tertiary/aromatic N) is 4. The minimum Gasteiger partial charge on any atom is -0.367 e. The van der Waals surface area contributed by atoms with Crippen molar-refractivity contribution in [2.45, 2.75) is 63.6 Å². The number of anilines is 3. The first-order valence-corrected chi connectivity index (χ1v) is 12.1. The van der Waals surface area contributed by atoms with E-state index >= 15 is 0 Å². The van der Waals surface area contributed by atoms with Gasteiger partial charge in [-0.1, -0.05) is 0 Å². The number of aromatic amines is 1. The van der Waals surface area contributed by atoms with E-state index in [2.05, 4.69) is 43.3 Å². The van der Waals surface area contributed by atoms with Crippen LogP contribution in [-0.2, 0) is 0 Å². The fourth-order valence-corrected chi connectivity index (χ4v) is 6.12. The molecule has 2 saturated heterocycles. The second-order valence-electron chi connectivity index (χ2n) is 10.1. The second-order valence-corrected chi connectivity index (χ2v) is 10.1. The fraction of sp³-hybridized carbons (Fsp3) is 0.520. The van der Waals surface area contributed by atoms with Crippen LogP contribution < -0.4 is 16.0 Å². The summed E-state index contributed by atoms with van der Waals surface area (Å²) < 4.78 is 0. The molecule has 2 bridgehead atoms. The van der Waals surface area contributed by atoms with Crippen LogP contribution in [-0.4, -0.2) is 38.3 Å². The standard InChI is InChI=1S/C25H30N8/c1-14-5-24(33-32-14)30-23-12-22-21(3-2-4-27-22)25(31-23)29-20-10-18-8-17(9-19(11-20)28-18)16-6-15(7-16)13-26/h2-5,12,15-20,28H,6-11H2,1H3,(H3,29,30,31,32,33)/t15-,16+,17?,18-,19+,20-. The smallest absolute Gasteiger partial charge is 0.153 e. The third-order valence-electron chi connectivity index (χ3n) is 7.71. The van der Waals surface area contributed by atoms with Crippen molar-refractivity contribution in [2.75, 3.05) is 10.6 Å². The van der Waals surface area contributed by atoms with Crippen LogP contribution in [0.4, 0.5) is 17.5 Å². The highest BCUT2D eigenvalue weighted by molar-refractivity contribution is 5.91. The molecule has 0 amide bonds. The van der Waals surface area contributed by atoms with Crippen LogP contribution in [0.1, 0.15) is 44.2 Å². The highest BCUT2D eigenvalue weighted by Crippen LogP contribution is 2.45. The second kappa shape index (κ2) is 8.31. The van der Waals surface area contributed by atoms with Crippen LogP contribution in [0, 0.1) is 36.0 Å². The summed E-state index contributed by atoms with van der Waals surface area (Å²) in [5, 5.41) is 28.3. The summed E-state index contributed by atoms with van der Waals surface area (Å²) in [5.74, 6) is 4.21. The van der Waals surface area contributed by atoms with Crippen molar-refractivity contribution in [2.24, 2.45) is 17.8 Å². The fourth-order valence-electron chi connectivity index (χ4n) is 6.12. The molecule has 0 aromatic carbocycles. The van der Waals surface area contributed by atoms with Gasteiger partial charge in [-0.05, 0) is 69.4 Å². The largest absolute Gasteiger partial charge is 0.367 e. The summed E-state index contributed by atoms with van der Waals surface area (Å²) in [7, 11) is 0. The van der Waals surface area contributed by atoms with Crippen molar-refractivity contribution in [1.82, 2.24) is 25.5 Å². The number of H-pyrrole nitrogens is 1. The molecule has 3 aromatic rings. The molecule has 4 atom stereocenters. The average Bonchev–Trinajstić information content (AvgIpc) is 3.17. The van der Waals surface area contributed by atoms with Gasteiger partial charge in [0, 0.05) is 53.5 Å². The van der Waals surface area contributed by atoms with Crippen molar-refractivity contribution in [3.63, 3.8) is 0 Å². The number of hydrogen-bond donors (Lipinski definition) is 4. The van der Waals surface area contributed by atoms with Crippen LogP contribution in [0.2, 0.25) is 0 Å². The minimum atomic E-state index is 0.304. The van der Waals surface area contributed by atoms with Crippen molar-refractivity contribution in [1.29, 1.82) is 5.26 Å². The monoisotopic (exact) mass is 442 g/mol. The number of nitrogens with one attached hydrogen (secondary N) is 4. The number of piperidine rings is 2. The highest BCUT2D eigenvalue weighted by Gasteiger charge is 2.42. The highest BCUT2D eigenvalue weighted by atomic mass is 15.2. The quantitative estimate of drug-likeness (QED) is 0.467. The lowest BCUT2D eigenvalue weighted by atomic mass is 9.63. The van der Waals surface area contributed by atoms with E-state index in [1.165, 1.54) is 12.8 Å². The van der Waals surface area contributed by atoms with Gasteiger partial charge in [0.2, 0.25) is 0 Å². The molecule has 1 aliphatic carbocycles. The number of nitriles is 1. The lowest BCUT2D eigenvalue weighted by Crippen LogP contribution is -2.55. The van der Waals surface area contributed by atoms with E-state index in [9.17, 15) is 0 Å². The Morgan fingerprint density at radius 1 is 1.03 bits per heavy atom. The number of fused-ring (bicyclic) bond motifs is 3. The van der Waals surface area contributed by atoms with Crippen molar-refractivity contribution in [3.8, 4) is 6.07 Å². The molecule has 3 aliphatic rings. The van der Waals surface area contributed by atoms with Crippen LogP contribution in [0.15, 0.2) is 30.5 Å². The minimum absolute atomic E-state index is 0.304. The van der Waals surface area contributed by atoms with Crippen molar-refractivity contribution in [3.05, 3.63) is 36.2 Å². The number of aryl methyl sites for hydroxylation is 1. The van der Waals surface area contributed by atoms with Gasteiger partial charge >= 0.3 is 0 Å². The molecule has 0 radical (unpaired) electrons. The molecule has 2 aliphatic heterocycles. The van der Waals surface area contributed by atoms with E-state index in [-0.39, 0.29) is 0 Å². The number of pyridine rings is 2. The Labute approximate surface area is 193 Å². The first kappa shape index (κ1) is 20.4. The molecule has 5 heterocycles. The molecule has 1 unspecified atom stereocenters. The topological polar surface area (TPSA) is 114 Å².